The van der Waals surface area contributed by atoms with Crippen molar-refractivity contribution < 1.29 is 19.1 Å². The molecule has 0 spiro atoms. The van der Waals surface area contributed by atoms with E-state index in [9.17, 15) is 9.59 Å². The van der Waals surface area contributed by atoms with Gasteiger partial charge in [-0.1, -0.05) is 12.1 Å². The molecule has 168 valence electrons. The van der Waals surface area contributed by atoms with Gasteiger partial charge in [0.1, 0.15) is 5.75 Å². The fourth-order valence-electron chi connectivity index (χ4n) is 4.15. The monoisotopic (exact) mass is 435 g/mol. The minimum absolute atomic E-state index is 0.289. The number of hydrogen-bond acceptors (Lipinski definition) is 5. The zero-order valence-electron chi connectivity index (χ0n) is 18.7. The minimum atomic E-state index is -0.625. The summed E-state index contributed by atoms with van der Waals surface area (Å²) in [6, 6.07) is 14.3. The van der Waals surface area contributed by atoms with Crippen LogP contribution in [0.3, 0.4) is 0 Å². The van der Waals surface area contributed by atoms with Crippen LogP contribution in [-0.4, -0.2) is 38.3 Å². The molecule has 2 aliphatic rings. The Balaban J connectivity index is 1.76. The van der Waals surface area contributed by atoms with Gasteiger partial charge in [-0.15, -0.1) is 0 Å². The lowest BCUT2D eigenvalue weighted by molar-refractivity contribution is -0.143. The van der Waals surface area contributed by atoms with Gasteiger partial charge >= 0.3 is 12.0 Å². The van der Waals surface area contributed by atoms with Crippen molar-refractivity contribution in [2.75, 3.05) is 25.1 Å². The lowest BCUT2D eigenvalue weighted by Gasteiger charge is -2.30. The van der Waals surface area contributed by atoms with Crippen LogP contribution in [0.1, 0.15) is 43.9 Å². The first kappa shape index (κ1) is 21.7. The third-order valence-electron chi connectivity index (χ3n) is 5.71. The number of carbonyl (C=O) groups excluding carboxylic acids is 2. The Bertz CT molecular complexity index is 1010. The van der Waals surface area contributed by atoms with E-state index in [2.05, 4.69) is 15.5 Å². The van der Waals surface area contributed by atoms with Crippen LogP contribution in [0.25, 0.3) is 5.70 Å². The number of ether oxygens (including phenoxy) is 2. The van der Waals surface area contributed by atoms with E-state index in [1.165, 1.54) is 12.8 Å². The van der Waals surface area contributed by atoms with Crippen LogP contribution < -0.4 is 20.3 Å². The number of esters is 1. The second kappa shape index (κ2) is 9.34. The number of methoxy groups -OCH3 is 1. The van der Waals surface area contributed by atoms with Crippen molar-refractivity contribution in [1.82, 2.24) is 10.6 Å². The number of amides is 2. The summed E-state index contributed by atoms with van der Waals surface area (Å²) in [7, 11) is 1.59. The Morgan fingerprint density at radius 3 is 2.28 bits per heavy atom. The maximum absolute atomic E-state index is 13.2. The highest BCUT2D eigenvalue weighted by molar-refractivity contribution is 6.04. The van der Waals surface area contributed by atoms with Crippen LogP contribution in [-0.2, 0) is 9.53 Å². The number of anilines is 1. The van der Waals surface area contributed by atoms with Crippen LogP contribution in [0.5, 0.6) is 5.75 Å². The number of hydrogen-bond donors (Lipinski definition) is 2. The molecule has 32 heavy (non-hydrogen) atoms. The van der Waals surface area contributed by atoms with Gasteiger partial charge in [-0.05, 0) is 74.2 Å². The highest BCUT2D eigenvalue weighted by Gasteiger charge is 2.35. The molecule has 2 aromatic rings. The van der Waals surface area contributed by atoms with E-state index >= 15 is 0 Å². The lowest BCUT2D eigenvalue weighted by Crippen LogP contribution is -2.45. The van der Waals surface area contributed by atoms with Gasteiger partial charge in [0.2, 0.25) is 0 Å². The average molecular weight is 436 g/mol. The molecule has 7 heteroatoms. The van der Waals surface area contributed by atoms with Gasteiger partial charge in [-0.2, -0.15) is 0 Å². The Hall–Kier alpha value is -3.48. The van der Waals surface area contributed by atoms with Gasteiger partial charge in [-0.3, -0.25) is 0 Å². The molecule has 0 radical (unpaired) electrons. The van der Waals surface area contributed by atoms with Gasteiger partial charge in [0.15, 0.2) is 0 Å². The summed E-state index contributed by atoms with van der Waals surface area (Å²) in [5.74, 6) is 0.224. The Morgan fingerprint density at radius 1 is 1.03 bits per heavy atom. The van der Waals surface area contributed by atoms with Crippen molar-refractivity contribution in [2.45, 2.75) is 38.8 Å². The zero-order valence-corrected chi connectivity index (χ0v) is 18.7. The maximum Gasteiger partial charge on any atom is 0.338 e. The zero-order chi connectivity index (χ0) is 22.7. The number of nitrogens with zero attached hydrogens (tertiary/aromatic N) is 1. The standard InChI is InChI=1S/C25H29N3O4/c1-16(2)32-24(29)21-22(17-6-10-19(11-7-17)28-14-4-5-15-28)26-25(30)27-23(21)18-8-12-20(31-3)13-9-18/h6-13,16,22H,4-5,14-15H2,1-3H3,(H2,26,27,30). The predicted molar refractivity (Wildman–Crippen MR) is 123 cm³/mol. The highest BCUT2D eigenvalue weighted by Crippen LogP contribution is 2.34. The molecule has 7 nitrogen and oxygen atoms in total. The second-order valence-electron chi connectivity index (χ2n) is 8.29. The van der Waals surface area contributed by atoms with Gasteiger partial charge in [0.05, 0.1) is 30.5 Å². The molecule has 0 aromatic heterocycles. The molecule has 1 unspecified atom stereocenters. The van der Waals surface area contributed by atoms with E-state index < -0.39 is 12.0 Å². The third kappa shape index (κ3) is 4.56. The van der Waals surface area contributed by atoms with Crippen molar-refractivity contribution in [3.63, 3.8) is 0 Å². The predicted octanol–water partition coefficient (Wildman–Crippen LogP) is 4.01. The molecule has 2 aliphatic heterocycles. The van der Waals surface area contributed by atoms with E-state index in [1.54, 1.807) is 33.1 Å². The number of carbonyl (C=O) groups is 2. The van der Waals surface area contributed by atoms with Gasteiger partial charge < -0.3 is 25.0 Å². The SMILES string of the molecule is COc1ccc(C2=C(C(=O)OC(C)C)C(c3ccc(N4CCCC4)cc3)NC(=O)N2)cc1. The van der Waals surface area contributed by atoms with Crippen LogP contribution in [0.2, 0.25) is 0 Å². The molecule has 4 rings (SSSR count). The number of nitrogens with one attached hydrogen (secondary N) is 2. The molecule has 2 heterocycles. The van der Waals surface area contributed by atoms with E-state index in [0.717, 1.165) is 24.3 Å². The highest BCUT2D eigenvalue weighted by atomic mass is 16.5. The largest absolute Gasteiger partial charge is 0.497 e. The summed E-state index contributed by atoms with van der Waals surface area (Å²) in [6.07, 6.45) is 2.11. The van der Waals surface area contributed by atoms with Crippen molar-refractivity contribution in [2.24, 2.45) is 0 Å². The molecule has 2 aromatic carbocycles. The minimum Gasteiger partial charge on any atom is -0.497 e. The molecule has 1 atom stereocenters. The van der Waals surface area contributed by atoms with Crippen molar-refractivity contribution in [3.05, 3.63) is 65.2 Å². The first-order chi connectivity index (χ1) is 15.5. The average Bonchev–Trinajstić information content (AvgIpc) is 3.33. The van der Waals surface area contributed by atoms with E-state index in [-0.39, 0.29) is 12.1 Å². The number of rotatable bonds is 6. The summed E-state index contributed by atoms with van der Waals surface area (Å²) in [5, 5.41) is 5.71. The molecule has 2 N–H and O–H groups in total. The summed E-state index contributed by atoms with van der Waals surface area (Å²) < 4.78 is 10.8. The van der Waals surface area contributed by atoms with Crippen molar-refractivity contribution >= 4 is 23.4 Å². The van der Waals surface area contributed by atoms with Crippen LogP contribution in [0.15, 0.2) is 54.1 Å². The van der Waals surface area contributed by atoms with Crippen LogP contribution in [0.4, 0.5) is 10.5 Å². The lowest BCUT2D eigenvalue weighted by atomic mass is 9.92. The third-order valence-corrected chi connectivity index (χ3v) is 5.71. The Morgan fingerprint density at radius 2 is 1.69 bits per heavy atom. The van der Waals surface area contributed by atoms with Crippen LogP contribution >= 0.6 is 0 Å². The Kier molecular flexibility index (Phi) is 6.35. The van der Waals surface area contributed by atoms with Crippen molar-refractivity contribution in [1.29, 1.82) is 0 Å². The molecular formula is C25H29N3O4. The smallest absolute Gasteiger partial charge is 0.338 e. The van der Waals surface area contributed by atoms with Crippen LogP contribution in [0, 0.1) is 0 Å². The summed E-state index contributed by atoms with van der Waals surface area (Å²) in [5.41, 5.74) is 3.49. The summed E-state index contributed by atoms with van der Waals surface area (Å²) in [4.78, 5) is 28.1. The second-order valence-corrected chi connectivity index (χ2v) is 8.29. The topological polar surface area (TPSA) is 79.9 Å². The quantitative estimate of drug-likeness (QED) is 0.670. The van der Waals surface area contributed by atoms with Gasteiger partial charge in [-0.25, -0.2) is 9.59 Å². The number of urea groups is 1. The first-order valence-corrected chi connectivity index (χ1v) is 11.0. The molecule has 2 amide bonds. The number of benzene rings is 2. The maximum atomic E-state index is 13.2. The van der Waals surface area contributed by atoms with Crippen molar-refractivity contribution in [3.8, 4) is 5.75 Å². The van der Waals surface area contributed by atoms with E-state index in [0.29, 0.717) is 22.6 Å². The van der Waals surface area contributed by atoms with E-state index in [4.69, 9.17) is 9.47 Å². The fourth-order valence-corrected chi connectivity index (χ4v) is 4.15. The van der Waals surface area contributed by atoms with Gasteiger partial charge in [0.25, 0.3) is 0 Å². The molecule has 1 fully saturated rings. The molecule has 0 aliphatic carbocycles. The summed E-state index contributed by atoms with van der Waals surface area (Å²) in [6.45, 7) is 5.72. The fraction of sp³-hybridized carbons (Fsp3) is 0.360. The normalized spacial score (nSPS) is 18.4. The molecule has 0 saturated carbocycles. The van der Waals surface area contributed by atoms with Gasteiger partial charge in [0, 0.05) is 18.8 Å². The first-order valence-electron chi connectivity index (χ1n) is 11.0. The molecular weight excluding hydrogens is 406 g/mol. The molecule has 0 bridgehead atoms. The molecule has 1 saturated heterocycles. The summed E-state index contributed by atoms with van der Waals surface area (Å²) >= 11 is 0. The van der Waals surface area contributed by atoms with E-state index in [1.807, 2.05) is 36.4 Å². The Labute approximate surface area is 188 Å².